The minimum atomic E-state index is -0.0185. The van der Waals surface area contributed by atoms with Crippen LogP contribution in [0.15, 0.2) is 53.8 Å². The number of nitrogens with one attached hydrogen (secondary N) is 2. The van der Waals surface area contributed by atoms with E-state index in [1.165, 1.54) is 11.3 Å². The van der Waals surface area contributed by atoms with Gasteiger partial charge in [0.15, 0.2) is 0 Å². The van der Waals surface area contributed by atoms with Crippen molar-refractivity contribution < 1.29 is 4.79 Å². The summed E-state index contributed by atoms with van der Waals surface area (Å²) in [6.07, 6.45) is 3.92. The molecule has 4 nitrogen and oxygen atoms in total. The third kappa shape index (κ3) is 3.31. The first-order chi connectivity index (χ1) is 8.36. The molecule has 1 aliphatic rings. The number of nitrogens with zero attached hydrogens (tertiary/aromatic N) is 1. The van der Waals surface area contributed by atoms with Gasteiger partial charge in [0, 0.05) is 18.1 Å². The Labute approximate surface area is 99.4 Å². The molecule has 1 aromatic heterocycles. The fourth-order valence-corrected chi connectivity index (χ4v) is 1.42. The molecule has 1 aliphatic heterocycles. The summed E-state index contributed by atoms with van der Waals surface area (Å²) in [5.74, 6) is -0.0185. The second kappa shape index (κ2) is 5.65. The van der Waals surface area contributed by atoms with Gasteiger partial charge >= 0.3 is 0 Å². The van der Waals surface area contributed by atoms with Gasteiger partial charge in [-0.1, -0.05) is 30.3 Å². The number of amides is 1. The molecule has 1 amide bonds. The Balaban J connectivity index is 0.000000153. The summed E-state index contributed by atoms with van der Waals surface area (Å²) in [7, 11) is 0. The lowest BCUT2D eigenvalue weighted by Gasteiger charge is -1.94. The highest BCUT2D eigenvalue weighted by Crippen LogP contribution is 2.14. The zero-order chi connectivity index (χ0) is 11.9. The lowest BCUT2D eigenvalue weighted by atomic mass is 10.2. The van der Waals surface area contributed by atoms with Gasteiger partial charge in [0.2, 0.25) is 5.91 Å². The van der Waals surface area contributed by atoms with Crippen molar-refractivity contribution in [1.29, 1.82) is 0 Å². The van der Waals surface area contributed by atoms with Gasteiger partial charge < -0.3 is 4.98 Å². The molecule has 2 heterocycles. The molecule has 3 rings (SSSR count). The monoisotopic (exact) mass is 227 g/mol. The maximum atomic E-state index is 10.0. The maximum Gasteiger partial charge on any atom is 0.245 e. The lowest BCUT2D eigenvalue weighted by molar-refractivity contribution is -0.119. The van der Waals surface area contributed by atoms with E-state index in [1.54, 1.807) is 6.21 Å². The van der Waals surface area contributed by atoms with Gasteiger partial charge in [0.05, 0.1) is 6.42 Å². The first-order valence-corrected chi connectivity index (χ1v) is 5.35. The smallest absolute Gasteiger partial charge is 0.245 e. The minimum absolute atomic E-state index is 0.0185. The Morgan fingerprint density at radius 1 is 1.06 bits per heavy atom. The molecule has 17 heavy (non-hydrogen) atoms. The van der Waals surface area contributed by atoms with Crippen LogP contribution in [0.3, 0.4) is 0 Å². The van der Waals surface area contributed by atoms with Crippen molar-refractivity contribution in [1.82, 2.24) is 10.4 Å². The van der Waals surface area contributed by atoms with Crippen LogP contribution < -0.4 is 5.43 Å². The number of benzene rings is 1. The Morgan fingerprint density at radius 3 is 2.35 bits per heavy atom. The molecular formula is C13H13N3O. The van der Waals surface area contributed by atoms with Crippen LogP contribution in [0, 0.1) is 0 Å². The highest BCUT2D eigenvalue weighted by atomic mass is 16.2. The van der Waals surface area contributed by atoms with Crippen LogP contribution in [0.1, 0.15) is 6.42 Å². The topological polar surface area (TPSA) is 57.2 Å². The summed E-state index contributed by atoms with van der Waals surface area (Å²) in [5, 5.41) is 3.44. The van der Waals surface area contributed by atoms with Crippen LogP contribution in [0.2, 0.25) is 0 Å². The van der Waals surface area contributed by atoms with E-state index in [0.717, 1.165) is 0 Å². The molecule has 0 spiro atoms. The SMILES string of the molecule is O=C1CC=NN1.c1ccc(-c2ccc[nH]2)cc1. The number of carbonyl (C=O) groups is 1. The fourth-order valence-electron chi connectivity index (χ4n) is 1.42. The average Bonchev–Trinajstić information content (AvgIpc) is 3.03. The van der Waals surface area contributed by atoms with Crippen LogP contribution in [0.4, 0.5) is 0 Å². The zero-order valence-corrected chi connectivity index (χ0v) is 9.26. The highest BCUT2D eigenvalue weighted by Gasteiger charge is 1.99. The largest absolute Gasteiger partial charge is 0.361 e. The number of hydrazone groups is 1. The predicted molar refractivity (Wildman–Crippen MR) is 67.5 cm³/mol. The van der Waals surface area contributed by atoms with E-state index in [-0.39, 0.29) is 5.91 Å². The number of H-pyrrole nitrogens is 1. The number of hydrogen-bond donors (Lipinski definition) is 2. The van der Waals surface area contributed by atoms with E-state index in [2.05, 4.69) is 33.7 Å². The molecule has 0 unspecified atom stereocenters. The number of rotatable bonds is 1. The summed E-state index contributed by atoms with van der Waals surface area (Å²) in [5.41, 5.74) is 4.66. The maximum absolute atomic E-state index is 10.0. The van der Waals surface area contributed by atoms with Crippen LogP contribution in [0.5, 0.6) is 0 Å². The molecule has 0 saturated heterocycles. The molecule has 0 radical (unpaired) electrons. The van der Waals surface area contributed by atoms with Gasteiger partial charge in [-0.2, -0.15) is 5.10 Å². The van der Waals surface area contributed by atoms with Crippen molar-refractivity contribution in [3.8, 4) is 11.3 Å². The average molecular weight is 227 g/mol. The molecule has 0 atom stereocenters. The fraction of sp³-hybridized carbons (Fsp3) is 0.0769. The van der Waals surface area contributed by atoms with Gasteiger partial charge in [-0.05, 0) is 17.7 Å². The zero-order valence-electron chi connectivity index (χ0n) is 9.26. The normalized spacial score (nSPS) is 12.8. The molecule has 4 heteroatoms. The minimum Gasteiger partial charge on any atom is -0.361 e. The molecule has 2 N–H and O–H groups in total. The second-order valence-corrected chi connectivity index (χ2v) is 3.50. The van der Waals surface area contributed by atoms with Crippen molar-refractivity contribution in [3.63, 3.8) is 0 Å². The Morgan fingerprint density at radius 2 is 1.88 bits per heavy atom. The Hall–Kier alpha value is -2.36. The van der Waals surface area contributed by atoms with Gasteiger partial charge in [0.25, 0.3) is 0 Å². The highest BCUT2D eigenvalue weighted by molar-refractivity contribution is 5.93. The first-order valence-electron chi connectivity index (χ1n) is 5.35. The molecule has 0 saturated carbocycles. The van der Waals surface area contributed by atoms with Gasteiger partial charge in [0.1, 0.15) is 0 Å². The van der Waals surface area contributed by atoms with Gasteiger partial charge in [-0.25, -0.2) is 5.43 Å². The lowest BCUT2D eigenvalue weighted by Crippen LogP contribution is -2.08. The van der Waals surface area contributed by atoms with Crippen LogP contribution in [-0.2, 0) is 4.79 Å². The standard InChI is InChI=1S/C10H9N.C3H4N2O/c1-2-5-9(6-3-1)10-7-4-8-11-10;6-3-1-2-4-5-3/h1-8,11H;2H,1H2,(H,5,6). The van der Waals surface area contributed by atoms with E-state index in [1.807, 2.05) is 30.5 Å². The van der Waals surface area contributed by atoms with Crippen LogP contribution in [-0.4, -0.2) is 17.1 Å². The second-order valence-electron chi connectivity index (χ2n) is 3.50. The Bertz CT molecular complexity index is 479. The van der Waals surface area contributed by atoms with Crippen LogP contribution >= 0.6 is 0 Å². The number of aromatic nitrogens is 1. The molecule has 2 aromatic rings. The Kier molecular flexibility index (Phi) is 3.70. The van der Waals surface area contributed by atoms with Crippen molar-refractivity contribution in [2.75, 3.05) is 0 Å². The summed E-state index contributed by atoms with van der Waals surface area (Å²) in [4.78, 5) is 13.2. The van der Waals surface area contributed by atoms with Crippen molar-refractivity contribution in [2.45, 2.75) is 6.42 Å². The van der Waals surface area contributed by atoms with E-state index in [0.29, 0.717) is 6.42 Å². The van der Waals surface area contributed by atoms with E-state index < -0.39 is 0 Å². The van der Waals surface area contributed by atoms with Crippen molar-refractivity contribution in [3.05, 3.63) is 48.7 Å². The number of aromatic amines is 1. The quantitative estimate of drug-likeness (QED) is 0.770. The summed E-state index contributed by atoms with van der Waals surface area (Å²) in [6, 6.07) is 14.3. The van der Waals surface area contributed by atoms with Crippen molar-refractivity contribution >= 4 is 12.1 Å². The van der Waals surface area contributed by atoms with Crippen molar-refractivity contribution in [2.24, 2.45) is 5.10 Å². The van der Waals surface area contributed by atoms with Gasteiger partial charge in [-0.3, -0.25) is 4.79 Å². The van der Waals surface area contributed by atoms with E-state index in [4.69, 9.17) is 0 Å². The molecule has 86 valence electrons. The third-order valence-corrected chi connectivity index (χ3v) is 2.24. The summed E-state index contributed by atoms with van der Waals surface area (Å²) < 4.78 is 0. The molecular weight excluding hydrogens is 214 g/mol. The molecule has 0 aliphatic carbocycles. The predicted octanol–water partition coefficient (Wildman–Crippen LogP) is 2.17. The third-order valence-electron chi connectivity index (χ3n) is 2.24. The van der Waals surface area contributed by atoms with Gasteiger partial charge in [-0.15, -0.1) is 0 Å². The molecule has 1 aromatic carbocycles. The summed E-state index contributed by atoms with van der Waals surface area (Å²) in [6.45, 7) is 0. The van der Waals surface area contributed by atoms with E-state index >= 15 is 0 Å². The molecule has 0 fully saturated rings. The first kappa shape index (κ1) is 11.1. The van der Waals surface area contributed by atoms with E-state index in [9.17, 15) is 4.79 Å². The number of carbonyl (C=O) groups excluding carboxylic acids is 1. The van der Waals surface area contributed by atoms with Crippen LogP contribution in [0.25, 0.3) is 11.3 Å². The molecule has 0 bridgehead atoms. The number of hydrogen-bond acceptors (Lipinski definition) is 2. The summed E-state index contributed by atoms with van der Waals surface area (Å²) >= 11 is 0.